The number of aliphatic hydroxyl groups excluding tert-OH is 3. The molecule has 8 unspecified atom stereocenters. The number of amides is 7. The van der Waals surface area contributed by atoms with Gasteiger partial charge in [-0.05, 0) is 68.8 Å². The van der Waals surface area contributed by atoms with Gasteiger partial charge in [-0.15, -0.1) is 0 Å². The Morgan fingerprint density at radius 2 is 1.32 bits per heavy atom. The van der Waals surface area contributed by atoms with E-state index in [0.29, 0.717) is 24.0 Å². The summed E-state index contributed by atoms with van der Waals surface area (Å²) >= 11 is 0. The standard InChI is InChI=1S/C53H70N10O14S2/c1-30(65)41(26-76-45(68)27-77-44(67)25-64)60-52(74)43-29-79-78-28-42(61-47(69)36(55)21-32-13-5-3-6-14-32)51(73)58-39(22-33-15-7-4-8-16-33)49(71)59-40(23-34-24-56-37-18-10-9-17-35(34)37)50(72)57-38(19-11-12-20-54)48(70)63-46(31(2)66)53(75)62-43/h3-10,13-18,24,30-31,36,38-43,46,56,64-66H,11-12,19-23,25-29,54-55H2,1-2H3,(H,57,72)(H,58,73)(H,59,71)(H,60,74)(H,61,69)(H,62,75)(H,63,70)/t30-,31-,36?,38?,39?,40?,41?,42?,43?,46?/m1/s1. The molecule has 1 saturated heterocycles. The normalized spacial score (nSPS) is 21.5. The summed E-state index contributed by atoms with van der Waals surface area (Å²) in [5, 5.41) is 49.9. The van der Waals surface area contributed by atoms with E-state index in [1.54, 1.807) is 72.9 Å². The maximum Gasteiger partial charge on any atom is 0.344 e. The lowest BCUT2D eigenvalue weighted by molar-refractivity contribution is -0.161. The van der Waals surface area contributed by atoms with E-state index in [1.165, 1.54) is 13.8 Å². The van der Waals surface area contributed by atoms with Gasteiger partial charge >= 0.3 is 11.9 Å². The molecule has 0 radical (unpaired) electrons. The summed E-state index contributed by atoms with van der Waals surface area (Å²) in [6.45, 7) is 0.179. The molecular formula is C53H70N10O14S2. The van der Waals surface area contributed by atoms with E-state index in [-0.39, 0.29) is 43.7 Å². The van der Waals surface area contributed by atoms with Gasteiger partial charge in [0.15, 0.2) is 6.61 Å². The molecule has 5 rings (SSSR count). The first-order valence-corrected chi connectivity index (χ1v) is 28.1. The summed E-state index contributed by atoms with van der Waals surface area (Å²) in [5.74, 6) is -8.79. The molecule has 7 amide bonds. The fourth-order valence-electron chi connectivity index (χ4n) is 8.12. The van der Waals surface area contributed by atoms with Crippen LogP contribution in [0.2, 0.25) is 0 Å². The lowest BCUT2D eigenvalue weighted by Crippen LogP contribution is -2.62. The maximum absolute atomic E-state index is 14.8. The fourth-order valence-corrected chi connectivity index (χ4v) is 10.4. The average Bonchev–Trinajstić information content (AvgIpc) is 3.84. The Bertz CT molecular complexity index is 2680. The summed E-state index contributed by atoms with van der Waals surface area (Å²) in [4.78, 5) is 128. The van der Waals surface area contributed by atoms with Crippen molar-refractivity contribution < 1.29 is 67.9 Å². The number of carbonyl (C=O) groups excluding carboxylic acids is 9. The number of para-hydroxylation sites is 1. The zero-order valence-corrected chi connectivity index (χ0v) is 45.4. The van der Waals surface area contributed by atoms with Crippen LogP contribution in [0, 0.1) is 0 Å². The van der Waals surface area contributed by atoms with Crippen molar-refractivity contribution in [2.45, 2.75) is 113 Å². The van der Waals surface area contributed by atoms with Gasteiger partial charge in [0, 0.05) is 41.4 Å². The van der Waals surface area contributed by atoms with Gasteiger partial charge in [-0.3, -0.25) is 33.6 Å². The molecule has 79 heavy (non-hydrogen) atoms. The molecule has 0 aliphatic carbocycles. The summed E-state index contributed by atoms with van der Waals surface area (Å²) in [5.41, 5.74) is 14.9. The Morgan fingerprint density at radius 3 is 1.97 bits per heavy atom. The molecule has 0 spiro atoms. The quantitative estimate of drug-likeness (QED) is 0.0251. The second-order valence-electron chi connectivity index (χ2n) is 18.8. The zero-order valence-electron chi connectivity index (χ0n) is 43.7. The third-order valence-electron chi connectivity index (χ3n) is 12.6. The van der Waals surface area contributed by atoms with Crippen molar-refractivity contribution in [3.63, 3.8) is 0 Å². The van der Waals surface area contributed by atoms with Crippen molar-refractivity contribution in [1.29, 1.82) is 0 Å². The van der Waals surface area contributed by atoms with Crippen LogP contribution in [0.4, 0.5) is 0 Å². The van der Waals surface area contributed by atoms with Crippen molar-refractivity contribution in [2.75, 3.05) is 37.9 Å². The SMILES string of the molecule is C[C@@H](O)C(COC(=O)COC(=O)CO)NC(=O)C1CSSCC(NC(=O)C(N)Cc2ccccc2)C(=O)NC(Cc2ccccc2)C(=O)NC(Cc2c[nH]c3ccccc23)C(=O)NC(CCCCN)C(=O)NC([C@@H](C)O)C(=O)N1. The predicted molar refractivity (Wildman–Crippen MR) is 294 cm³/mol. The molecule has 10 atom stereocenters. The molecular weight excluding hydrogens is 1060 g/mol. The molecule has 26 heteroatoms. The maximum atomic E-state index is 14.8. The predicted octanol–water partition coefficient (Wildman–Crippen LogP) is -1.72. The molecule has 1 aliphatic heterocycles. The highest BCUT2D eigenvalue weighted by Gasteiger charge is 2.37. The molecule has 1 aromatic heterocycles. The molecule has 428 valence electrons. The van der Waals surface area contributed by atoms with Gasteiger partial charge in [0.25, 0.3) is 0 Å². The topological polar surface area (TPSA) is 385 Å². The highest BCUT2D eigenvalue weighted by Crippen LogP contribution is 2.24. The zero-order chi connectivity index (χ0) is 57.4. The van der Waals surface area contributed by atoms with Crippen LogP contribution >= 0.6 is 21.6 Å². The molecule has 3 aromatic carbocycles. The second-order valence-corrected chi connectivity index (χ2v) is 21.3. The Labute approximate surface area is 464 Å². The summed E-state index contributed by atoms with van der Waals surface area (Å²) in [6.07, 6.45) is -0.686. The third-order valence-corrected chi connectivity index (χ3v) is 15.0. The van der Waals surface area contributed by atoms with Gasteiger partial charge < -0.3 is 78.5 Å². The van der Waals surface area contributed by atoms with E-state index in [4.69, 9.17) is 21.3 Å². The van der Waals surface area contributed by atoms with E-state index >= 15 is 0 Å². The van der Waals surface area contributed by atoms with E-state index in [0.717, 1.165) is 38.1 Å². The lowest BCUT2D eigenvalue weighted by atomic mass is 10.0. The van der Waals surface area contributed by atoms with Crippen LogP contribution in [0.1, 0.15) is 49.8 Å². The summed E-state index contributed by atoms with van der Waals surface area (Å²) in [7, 11) is 1.93. The average molecular weight is 1140 g/mol. The smallest absolute Gasteiger partial charge is 0.344 e. The van der Waals surface area contributed by atoms with Gasteiger partial charge in [-0.25, -0.2) is 9.59 Å². The van der Waals surface area contributed by atoms with Crippen LogP contribution < -0.4 is 48.7 Å². The summed E-state index contributed by atoms with van der Waals surface area (Å²) in [6, 6.07) is 13.6. The Balaban J connectivity index is 1.55. The fraction of sp³-hybridized carbons (Fsp3) is 0.453. The van der Waals surface area contributed by atoms with Crippen LogP contribution in [0.3, 0.4) is 0 Å². The van der Waals surface area contributed by atoms with Crippen molar-refractivity contribution in [1.82, 2.24) is 42.2 Å². The minimum absolute atomic E-state index is 0.0143. The highest BCUT2D eigenvalue weighted by molar-refractivity contribution is 8.76. The number of aliphatic hydroxyl groups is 3. The van der Waals surface area contributed by atoms with Crippen molar-refractivity contribution in [3.8, 4) is 0 Å². The Kier molecular flexibility index (Phi) is 25.5. The van der Waals surface area contributed by atoms with Crippen LogP contribution in [0.5, 0.6) is 0 Å². The van der Waals surface area contributed by atoms with Gasteiger partial charge in [0.1, 0.15) is 49.5 Å². The van der Waals surface area contributed by atoms with Crippen LogP contribution in [-0.4, -0.2) is 172 Å². The van der Waals surface area contributed by atoms with Gasteiger partial charge in [0.05, 0.1) is 24.3 Å². The van der Waals surface area contributed by atoms with E-state index in [9.17, 15) is 53.4 Å². The Morgan fingerprint density at radius 1 is 0.709 bits per heavy atom. The van der Waals surface area contributed by atoms with E-state index in [2.05, 4.69) is 46.9 Å². The van der Waals surface area contributed by atoms with Gasteiger partial charge in [-0.2, -0.15) is 0 Å². The molecule has 0 bridgehead atoms. The van der Waals surface area contributed by atoms with Crippen LogP contribution in [-0.2, 0) is 71.9 Å². The number of nitrogens with one attached hydrogen (secondary N) is 8. The van der Waals surface area contributed by atoms with E-state index in [1.807, 2.05) is 18.2 Å². The number of H-pyrrole nitrogens is 1. The Hall–Kier alpha value is -7.07. The van der Waals surface area contributed by atoms with Crippen LogP contribution in [0.15, 0.2) is 91.1 Å². The number of aromatic amines is 1. The largest absolute Gasteiger partial charge is 0.461 e. The number of benzene rings is 3. The number of carbonyl (C=O) groups is 9. The number of hydrogen-bond acceptors (Lipinski definition) is 18. The number of esters is 2. The lowest BCUT2D eigenvalue weighted by Gasteiger charge is -2.29. The van der Waals surface area contributed by atoms with Gasteiger partial charge in [0.2, 0.25) is 41.4 Å². The number of hydrogen-bond donors (Lipinski definition) is 13. The minimum atomic E-state index is -1.75. The minimum Gasteiger partial charge on any atom is -0.461 e. The molecule has 1 aliphatic rings. The molecule has 24 nitrogen and oxygen atoms in total. The first kappa shape index (κ1) is 62.8. The number of nitrogens with two attached hydrogens (primary N) is 2. The monoisotopic (exact) mass is 1130 g/mol. The number of aromatic nitrogens is 1. The van der Waals surface area contributed by atoms with Gasteiger partial charge in [-0.1, -0.05) is 100 Å². The van der Waals surface area contributed by atoms with Crippen molar-refractivity contribution in [2.24, 2.45) is 11.5 Å². The van der Waals surface area contributed by atoms with Crippen LogP contribution in [0.25, 0.3) is 10.9 Å². The van der Waals surface area contributed by atoms with Crippen molar-refractivity contribution >= 4 is 85.8 Å². The molecule has 1 fully saturated rings. The molecule has 2 heterocycles. The second kappa shape index (κ2) is 32.1. The number of fused-ring (bicyclic) bond motifs is 1. The number of unbranched alkanes of at least 4 members (excludes halogenated alkanes) is 1. The van der Waals surface area contributed by atoms with E-state index < -0.39 is 134 Å². The first-order chi connectivity index (χ1) is 37.9. The third kappa shape index (κ3) is 20.3. The number of rotatable bonds is 21. The highest BCUT2D eigenvalue weighted by atomic mass is 33.1. The van der Waals surface area contributed by atoms with Crippen molar-refractivity contribution in [3.05, 3.63) is 108 Å². The summed E-state index contributed by atoms with van der Waals surface area (Å²) < 4.78 is 9.64. The number of ether oxygens (including phenoxy) is 2. The first-order valence-electron chi connectivity index (χ1n) is 25.6. The molecule has 4 aromatic rings. The molecule has 15 N–H and O–H groups in total. The molecule has 0 saturated carbocycles.